The highest BCUT2D eigenvalue weighted by Crippen LogP contribution is 2.54. The van der Waals surface area contributed by atoms with Gasteiger partial charge in [-0.25, -0.2) is 0 Å². The van der Waals surface area contributed by atoms with Crippen LogP contribution in [-0.4, -0.2) is 6.04 Å². The third-order valence-electron chi connectivity index (χ3n) is 6.13. The molecule has 0 aromatic heterocycles. The summed E-state index contributed by atoms with van der Waals surface area (Å²) in [7, 11) is 0. The molecule has 0 amide bonds. The van der Waals surface area contributed by atoms with Gasteiger partial charge in [0.15, 0.2) is 0 Å². The number of hydrogen-bond donors (Lipinski definition) is 1. The molecule has 3 fully saturated rings. The monoisotopic (exact) mass is 235 g/mol. The third-order valence-corrected chi connectivity index (χ3v) is 6.13. The molecule has 3 aliphatic rings. The van der Waals surface area contributed by atoms with E-state index in [1.54, 1.807) is 0 Å². The molecule has 4 atom stereocenters. The standard InChI is InChI=1S/C16H29N/c1-11-4-2-6-12(7-3-5-11)16-14-9-8-13(14)10-15(16)17/h11-16H,2-10,17H2,1H3. The first kappa shape index (κ1) is 12.0. The number of fused-ring (bicyclic) bond motifs is 1. The van der Waals surface area contributed by atoms with Gasteiger partial charge in [0.05, 0.1) is 0 Å². The molecule has 3 saturated carbocycles. The lowest BCUT2D eigenvalue weighted by Gasteiger charge is -2.39. The molecule has 0 aromatic carbocycles. The van der Waals surface area contributed by atoms with E-state index in [0.717, 1.165) is 29.6 Å². The van der Waals surface area contributed by atoms with Gasteiger partial charge in [0.2, 0.25) is 0 Å². The fourth-order valence-corrected chi connectivity index (χ4v) is 5.05. The summed E-state index contributed by atoms with van der Waals surface area (Å²) in [5.74, 6) is 4.92. The first-order chi connectivity index (χ1) is 8.25. The number of nitrogens with two attached hydrogens (primary N) is 1. The van der Waals surface area contributed by atoms with E-state index in [-0.39, 0.29) is 0 Å². The molecule has 0 aromatic rings. The van der Waals surface area contributed by atoms with Crippen LogP contribution < -0.4 is 5.73 Å². The van der Waals surface area contributed by atoms with Crippen molar-refractivity contribution in [3.8, 4) is 0 Å². The Morgan fingerprint density at radius 3 is 2.06 bits per heavy atom. The van der Waals surface area contributed by atoms with E-state index in [2.05, 4.69) is 6.92 Å². The van der Waals surface area contributed by atoms with Crippen molar-refractivity contribution in [2.24, 2.45) is 35.3 Å². The average Bonchev–Trinajstić information content (AvgIpc) is 2.46. The summed E-state index contributed by atoms with van der Waals surface area (Å²) in [6, 6.07) is 0.550. The van der Waals surface area contributed by atoms with Gasteiger partial charge in [-0.15, -0.1) is 0 Å². The van der Waals surface area contributed by atoms with Gasteiger partial charge in [0, 0.05) is 6.04 Å². The summed E-state index contributed by atoms with van der Waals surface area (Å²) in [6.07, 6.45) is 13.1. The van der Waals surface area contributed by atoms with Gasteiger partial charge in [-0.05, 0) is 48.9 Å². The Kier molecular flexibility index (Phi) is 3.47. The van der Waals surface area contributed by atoms with Crippen molar-refractivity contribution in [2.45, 2.75) is 70.8 Å². The third kappa shape index (κ3) is 2.28. The Balaban J connectivity index is 1.62. The molecule has 0 radical (unpaired) electrons. The van der Waals surface area contributed by atoms with Crippen molar-refractivity contribution in [3.63, 3.8) is 0 Å². The molecule has 3 aliphatic carbocycles. The minimum absolute atomic E-state index is 0.550. The predicted molar refractivity (Wildman–Crippen MR) is 72.7 cm³/mol. The summed E-state index contributed by atoms with van der Waals surface area (Å²) < 4.78 is 0. The van der Waals surface area contributed by atoms with Crippen LogP contribution in [0, 0.1) is 29.6 Å². The highest BCUT2D eigenvalue weighted by Gasteiger charge is 2.48. The van der Waals surface area contributed by atoms with Crippen LogP contribution in [0.25, 0.3) is 0 Å². The highest BCUT2D eigenvalue weighted by atomic mass is 14.7. The van der Waals surface area contributed by atoms with E-state index in [0.29, 0.717) is 6.04 Å². The fraction of sp³-hybridized carbons (Fsp3) is 1.00. The van der Waals surface area contributed by atoms with Gasteiger partial charge in [0.1, 0.15) is 0 Å². The number of rotatable bonds is 1. The lowest BCUT2D eigenvalue weighted by molar-refractivity contribution is 0.111. The van der Waals surface area contributed by atoms with Crippen molar-refractivity contribution >= 4 is 0 Å². The molecule has 0 spiro atoms. The maximum absolute atomic E-state index is 6.45. The molecule has 0 aliphatic heterocycles. The first-order valence-corrected chi connectivity index (χ1v) is 8.01. The zero-order chi connectivity index (χ0) is 11.8. The second kappa shape index (κ2) is 4.91. The Morgan fingerprint density at radius 2 is 1.53 bits per heavy atom. The van der Waals surface area contributed by atoms with Crippen LogP contribution in [0.5, 0.6) is 0 Å². The lowest BCUT2D eigenvalue weighted by atomic mass is 9.66. The molecule has 0 saturated heterocycles. The number of hydrogen-bond acceptors (Lipinski definition) is 1. The zero-order valence-electron chi connectivity index (χ0n) is 11.4. The molecular formula is C16H29N. The second-order valence-electron chi connectivity index (χ2n) is 7.21. The SMILES string of the molecule is CC1CCCC(C2C(N)CC3CCC32)CCC1. The van der Waals surface area contributed by atoms with E-state index in [1.807, 2.05) is 0 Å². The summed E-state index contributed by atoms with van der Waals surface area (Å²) >= 11 is 0. The van der Waals surface area contributed by atoms with Gasteiger partial charge in [-0.3, -0.25) is 0 Å². The Morgan fingerprint density at radius 1 is 0.824 bits per heavy atom. The van der Waals surface area contributed by atoms with E-state index < -0.39 is 0 Å². The Bertz CT molecular complexity index is 252. The Hall–Kier alpha value is -0.0400. The maximum Gasteiger partial charge on any atom is 0.00753 e. The summed E-state index contributed by atoms with van der Waals surface area (Å²) in [5.41, 5.74) is 6.45. The van der Waals surface area contributed by atoms with E-state index in [1.165, 1.54) is 57.8 Å². The normalized spacial score (nSPS) is 51.2. The predicted octanol–water partition coefficient (Wildman–Crippen LogP) is 3.97. The highest BCUT2D eigenvalue weighted by molar-refractivity contribution is 5.01. The van der Waals surface area contributed by atoms with Crippen molar-refractivity contribution in [3.05, 3.63) is 0 Å². The van der Waals surface area contributed by atoms with Crippen molar-refractivity contribution in [2.75, 3.05) is 0 Å². The molecule has 1 nitrogen and oxygen atoms in total. The summed E-state index contributed by atoms with van der Waals surface area (Å²) in [4.78, 5) is 0. The van der Waals surface area contributed by atoms with Crippen molar-refractivity contribution in [1.82, 2.24) is 0 Å². The largest absolute Gasteiger partial charge is 0.327 e. The minimum Gasteiger partial charge on any atom is -0.327 e. The van der Waals surface area contributed by atoms with Crippen molar-refractivity contribution in [1.29, 1.82) is 0 Å². The molecule has 0 heterocycles. The van der Waals surface area contributed by atoms with Crippen LogP contribution in [0.1, 0.15) is 64.7 Å². The summed E-state index contributed by atoms with van der Waals surface area (Å²) in [5, 5.41) is 0. The average molecular weight is 235 g/mol. The summed E-state index contributed by atoms with van der Waals surface area (Å²) in [6.45, 7) is 2.43. The molecule has 0 bridgehead atoms. The molecule has 4 unspecified atom stereocenters. The molecule has 98 valence electrons. The van der Waals surface area contributed by atoms with Crippen LogP contribution in [-0.2, 0) is 0 Å². The topological polar surface area (TPSA) is 26.0 Å². The van der Waals surface area contributed by atoms with Crippen LogP contribution in [0.2, 0.25) is 0 Å². The van der Waals surface area contributed by atoms with Gasteiger partial charge in [-0.2, -0.15) is 0 Å². The fourth-order valence-electron chi connectivity index (χ4n) is 5.05. The van der Waals surface area contributed by atoms with Gasteiger partial charge in [0.25, 0.3) is 0 Å². The minimum atomic E-state index is 0.550. The van der Waals surface area contributed by atoms with Crippen LogP contribution in [0.4, 0.5) is 0 Å². The van der Waals surface area contributed by atoms with Gasteiger partial charge >= 0.3 is 0 Å². The van der Waals surface area contributed by atoms with Crippen LogP contribution in [0.15, 0.2) is 0 Å². The lowest BCUT2D eigenvalue weighted by Crippen LogP contribution is -2.36. The zero-order valence-corrected chi connectivity index (χ0v) is 11.4. The van der Waals surface area contributed by atoms with Crippen LogP contribution in [0.3, 0.4) is 0 Å². The quantitative estimate of drug-likeness (QED) is 0.731. The van der Waals surface area contributed by atoms with Gasteiger partial charge in [-0.1, -0.05) is 45.4 Å². The molecular weight excluding hydrogens is 206 g/mol. The molecule has 3 rings (SSSR count). The Labute approximate surface area is 107 Å². The molecule has 17 heavy (non-hydrogen) atoms. The van der Waals surface area contributed by atoms with Gasteiger partial charge < -0.3 is 5.73 Å². The smallest absolute Gasteiger partial charge is 0.00753 e. The van der Waals surface area contributed by atoms with E-state index >= 15 is 0 Å². The second-order valence-corrected chi connectivity index (χ2v) is 7.21. The van der Waals surface area contributed by atoms with E-state index in [4.69, 9.17) is 5.73 Å². The van der Waals surface area contributed by atoms with E-state index in [9.17, 15) is 0 Å². The maximum atomic E-state index is 6.45. The molecule has 2 N–H and O–H groups in total. The first-order valence-electron chi connectivity index (χ1n) is 8.01. The molecule has 1 heteroatoms. The van der Waals surface area contributed by atoms with Crippen molar-refractivity contribution < 1.29 is 0 Å². The van der Waals surface area contributed by atoms with Crippen LogP contribution >= 0.6 is 0 Å².